The molecule has 10 aromatic rings. The average molecular weight is 818 g/mol. The van der Waals surface area contributed by atoms with Gasteiger partial charge in [-0.25, -0.2) is 0 Å². The van der Waals surface area contributed by atoms with Gasteiger partial charge in [-0.1, -0.05) is 180 Å². The average Bonchev–Trinajstić information content (AvgIpc) is 3.96. The maximum Gasteiger partial charge on any atom is 0.197 e. The van der Waals surface area contributed by atoms with E-state index in [1.807, 2.05) is 0 Å². The van der Waals surface area contributed by atoms with Gasteiger partial charge in [0.15, 0.2) is 7.28 Å². The first-order chi connectivity index (χ1) is 31.0. The van der Waals surface area contributed by atoms with Crippen molar-refractivity contribution in [2.75, 3.05) is 4.90 Å². The second-order valence-corrected chi connectivity index (χ2v) is 20.3. The summed E-state index contributed by atoms with van der Waals surface area (Å²) in [6.07, 6.45) is 0. The van der Waals surface area contributed by atoms with Crippen molar-refractivity contribution < 1.29 is 0 Å². The minimum Gasteiger partial charge on any atom is -0.354 e. The van der Waals surface area contributed by atoms with Crippen LogP contribution in [0.25, 0.3) is 77.1 Å². The van der Waals surface area contributed by atoms with Gasteiger partial charge in [0.2, 0.25) is 0 Å². The molecule has 0 unspecified atom stereocenters. The van der Waals surface area contributed by atoms with E-state index in [-0.39, 0.29) is 16.2 Å². The lowest BCUT2D eigenvalue weighted by atomic mass is 9.56. The fraction of sp³-hybridized carbons (Fsp3) is 0.148. The molecule has 3 heteroatoms. The van der Waals surface area contributed by atoms with E-state index in [4.69, 9.17) is 0 Å². The molecule has 0 amide bonds. The molecule has 0 atom stereocenters. The van der Waals surface area contributed by atoms with Crippen LogP contribution in [0.5, 0.6) is 0 Å². The highest BCUT2D eigenvalue weighted by atomic mass is 15.2. The van der Waals surface area contributed by atoms with Gasteiger partial charge >= 0.3 is 0 Å². The summed E-state index contributed by atoms with van der Waals surface area (Å²) in [5, 5.41) is 5.08. The highest BCUT2D eigenvalue weighted by Crippen LogP contribution is 2.58. The summed E-state index contributed by atoms with van der Waals surface area (Å²) in [7, 11) is 2.53. The lowest BCUT2D eigenvalue weighted by Gasteiger charge is -2.38. The summed E-state index contributed by atoms with van der Waals surface area (Å²) in [5.74, 6) is 0. The Labute approximate surface area is 375 Å². The number of aromatic amines is 1. The molecule has 0 bridgehead atoms. The second-order valence-electron chi connectivity index (χ2n) is 20.3. The molecular weight excluding hydrogens is 771 g/mol. The zero-order valence-corrected chi connectivity index (χ0v) is 37.1. The lowest BCUT2D eigenvalue weighted by Crippen LogP contribution is -2.42. The van der Waals surface area contributed by atoms with E-state index in [0.717, 1.165) is 0 Å². The van der Waals surface area contributed by atoms with Crippen molar-refractivity contribution in [3.63, 3.8) is 0 Å². The summed E-state index contributed by atoms with van der Waals surface area (Å²) in [6, 6.07) is 62.4. The highest BCUT2D eigenvalue weighted by molar-refractivity contribution is 6.73. The molecule has 9 aromatic carbocycles. The minimum absolute atomic E-state index is 0.0902. The van der Waals surface area contributed by atoms with Gasteiger partial charge in [-0.15, -0.1) is 0 Å². The van der Waals surface area contributed by atoms with Crippen LogP contribution >= 0.6 is 0 Å². The van der Waals surface area contributed by atoms with Crippen molar-refractivity contribution in [1.29, 1.82) is 0 Å². The number of hydrogen-bond acceptors (Lipinski definition) is 1. The smallest absolute Gasteiger partial charge is 0.197 e. The van der Waals surface area contributed by atoms with Crippen LogP contribution in [0.15, 0.2) is 164 Å². The quantitative estimate of drug-likeness (QED) is 0.172. The monoisotopic (exact) mass is 817 g/mol. The van der Waals surface area contributed by atoms with Gasteiger partial charge in [0.05, 0.1) is 5.52 Å². The first-order valence-electron chi connectivity index (χ1n) is 22.9. The van der Waals surface area contributed by atoms with E-state index in [9.17, 15) is 0 Å². The van der Waals surface area contributed by atoms with E-state index in [1.54, 1.807) is 0 Å². The molecule has 3 aliphatic carbocycles. The maximum absolute atomic E-state index is 3.98. The van der Waals surface area contributed by atoms with E-state index < -0.39 is 0 Å². The first kappa shape index (κ1) is 36.4. The Morgan fingerprint density at radius 3 is 1.80 bits per heavy atom. The number of hydrogen-bond donors (Lipinski definition) is 1. The Balaban J connectivity index is 1.12. The minimum atomic E-state index is -0.228. The molecule has 1 radical (unpaired) electrons. The van der Waals surface area contributed by atoms with Gasteiger partial charge in [-0.3, -0.25) is 0 Å². The summed E-state index contributed by atoms with van der Waals surface area (Å²) in [4.78, 5) is 6.64. The van der Waals surface area contributed by atoms with Crippen LogP contribution in [-0.4, -0.2) is 12.3 Å². The van der Waals surface area contributed by atoms with E-state index in [1.165, 1.54) is 138 Å². The topological polar surface area (TPSA) is 19.0 Å². The van der Waals surface area contributed by atoms with Crippen LogP contribution in [-0.2, 0) is 16.2 Å². The highest BCUT2D eigenvalue weighted by Gasteiger charge is 2.44. The van der Waals surface area contributed by atoms with Crippen LogP contribution in [0, 0.1) is 0 Å². The Hall–Kier alpha value is -7.10. The van der Waals surface area contributed by atoms with Gasteiger partial charge in [-0.2, -0.15) is 0 Å². The molecule has 2 heterocycles. The molecule has 0 saturated carbocycles. The zero-order valence-electron chi connectivity index (χ0n) is 37.1. The molecule has 64 heavy (non-hydrogen) atoms. The van der Waals surface area contributed by atoms with Crippen molar-refractivity contribution in [3.8, 4) is 44.5 Å². The molecule has 1 aromatic heterocycles. The molecule has 14 rings (SSSR count). The first-order valence-corrected chi connectivity index (χ1v) is 22.9. The van der Waals surface area contributed by atoms with Crippen LogP contribution in [0.3, 0.4) is 0 Å². The number of fused-ring (bicyclic) bond motifs is 17. The number of para-hydroxylation sites is 1. The molecule has 0 spiro atoms. The number of H-pyrrole nitrogens is 1. The predicted molar refractivity (Wildman–Crippen MR) is 271 cm³/mol. The standard InChI is InChI=1S/C61H46BN2/c1-59(2)45-23-12-9-18-37(45)42-30-35(27-28-48(42)59)64-53-32-43-38-19-10-13-24-46(38)60(3,4)49(43)33-51(53)62-56-44(31-50-55(58(56)64)40-20-11-14-25-47(40)61(50,5)6)39-21-15-22-41-54-36-17-8-7-16-34(36)26-29-52(54)63-57(39)41/h7-33,63H,1-6H3. The summed E-state index contributed by atoms with van der Waals surface area (Å²) in [6.45, 7) is 14.4. The fourth-order valence-corrected chi connectivity index (χ4v) is 12.8. The van der Waals surface area contributed by atoms with E-state index >= 15 is 0 Å². The van der Waals surface area contributed by atoms with Gasteiger partial charge in [0.25, 0.3) is 0 Å². The predicted octanol–water partition coefficient (Wildman–Crippen LogP) is 14.5. The summed E-state index contributed by atoms with van der Waals surface area (Å²) >= 11 is 0. The summed E-state index contributed by atoms with van der Waals surface area (Å²) in [5.41, 5.74) is 26.8. The molecule has 4 aliphatic rings. The van der Waals surface area contributed by atoms with E-state index in [2.05, 4.69) is 222 Å². The molecule has 0 fully saturated rings. The zero-order chi connectivity index (χ0) is 43.0. The molecule has 1 aliphatic heterocycles. The number of rotatable bonds is 2. The third-order valence-corrected chi connectivity index (χ3v) is 16.0. The molecule has 2 nitrogen and oxygen atoms in total. The SMILES string of the molecule is CC1(C)c2ccccc2-c2cc(N3c4cc5c(cc4[B]c4c(-c6cccc7c6[nH]c6ccc8ccccc8c67)cc6c(c43)-c3ccccc3C6(C)C)C(C)(C)c3ccccc3-5)ccc21. The van der Waals surface area contributed by atoms with Gasteiger partial charge < -0.3 is 9.88 Å². The lowest BCUT2D eigenvalue weighted by molar-refractivity contribution is 0.660. The van der Waals surface area contributed by atoms with Crippen molar-refractivity contribution in [2.45, 2.75) is 57.8 Å². The Morgan fingerprint density at radius 1 is 0.438 bits per heavy atom. The molecule has 1 N–H and O–H groups in total. The van der Waals surface area contributed by atoms with Crippen molar-refractivity contribution >= 4 is 67.8 Å². The van der Waals surface area contributed by atoms with Gasteiger partial charge in [-0.05, 0) is 113 Å². The van der Waals surface area contributed by atoms with Crippen LogP contribution in [0.4, 0.5) is 17.1 Å². The van der Waals surface area contributed by atoms with Crippen LogP contribution < -0.4 is 15.8 Å². The van der Waals surface area contributed by atoms with Crippen LogP contribution in [0.1, 0.15) is 74.9 Å². The Kier molecular flexibility index (Phi) is 6.89. The third-order valence-electron chi connectivity index (χ3n) is 16.0. The third kappa shape index (κ3) is 4.47. The molecular formula is C61H46BN2. The van der Waals surface area contributed by atoms with Gasteiger partial charge in [0.1, 0.15) is 0 Å². The van der Waals surface area contributed by atoms with Crippen molar-refractivity contribution in [2.24, 2.45) is 0 Å². The van der Waals surface area contributed by atoms with Gasteiger partial charge in [0, 0.05) is 60.7 Å². The number of anilines is 3. The number of aromatic nitrogens is 1. The number of nitrogens with one attached hydrogen (secondary N) is 1. The summed E-state index contributed by atoms with van der Waals surface area (Å²) < 4.78 is 0. The van der Waals surface area contributed by atoms with Crippen molar-refractivity contribution in [1.82, 2.24) is 4.98 Å². The molecule has 303 valence electrons. The second kappa shape index (κ2) is 12.1. The fourth-order valence-electron chi connectivity index (χ4n) is 12.8. The van der Waals surface area contributed by atoms with Crippen molar-refractivity contribution in [3.05, 3.63) is 197 Å². The maximum atomic E-state index is 3.98. The number of nitrogens with zero attached hydrogens (tertiary/aromatic N) is 1. The number of benzene rings is 9. The van der Waals surface area contributed by atoms with Crippen LogP contribution in [0.2, 0.25) is 0 Å². The largest absolute Gasteiger partial charge is 0.354 e. The molecule has 0 saturated heterocycles. The Bertz CT molecular complexity index is 3750. The van der Waals surface area contributed by atoms with E-state index in [0.29, 0.717) is 0 Å². The Morgan fingerprint density at radius 2 is 1.03 bits per heavy atom. The normalized spacial score (nSPS) is 16.1.